The number of carbonyl (C=O) groups is 9. The van der Waals surface area contributed by atoms with Crippen LogP contribution in [0.2, 0.25) is 0 Å². The predicted octanol–water partition coefficient (Wildman–Crippen LogP) is -4.41. The van der Waals surface area contributed by atoms with Gasteiger partial charge in [0, 0.05) is 75.6 Å². The van der Waals surface area contributed by atoms with Gasteiger partial charge in [-0.2, -0.15) is 0 Å². The zero-order chi connectivity index (χ0) is 56.3. The molecule has 77 heavy (non-hydrogen) atoms. The molecule has 0 saturated carbocycles. The molecule has 0 spiro atoms. The van der Waals surface area contributed by atoms with Gasteiger partial charge in [0.15, 0.2) is 11.9 Å². The van der Waals surface area contributed by atoms with Gasteiger partial charge in [0.2, 0.25) is 53.2 Å². The molecule has 22 N–H and O–H groups in total. The highest BCUT2D eigenvalue weighted by molar-refractivity contribution is 5.98. The highest BCUT2D eigenvalue weighted by Crippen LogP contribution is 2.20. The Balaban J connectivity index is 1.78. The molecule has 2 aromatic carbocycles. The van der Waals surface area contributed by atoms with Gasteiger partial charge in [-0.1, -0.05) is 48.5 Å². The van der Waals surface area contributed by atoms with Gasteiger partial charge < -0.3 is 87.2 Å². The second kappa shape index (κ2) is 32.2. The summed E-state index contributed by atoms with van der Waals surface area (Å²) < 4.78 is 0. The van der Waals surface area contributed by atoms with Crippen LogP contribution < -0.4 is 82.3 Å². The van der Waals surface area contributed by atoms with E-state index in [-0.39, 0.29) is 89.6 Å². The number of amides is 9. The third-order valence-electron chi connectivity index (χ3n) is 12.4. The van der Waals surface area contributed by atoms with Gasteiger partial charge in [-0.3, -0.25) is 53.1 Å². The normalized spacial score (nSPS) is 20.8. The smallest absolute Gasteiger partial charge is 0.243 e. The van der Waals surface area contributed by atoms with E-state index in [9.17, 15) is 43.2 Å². The van der Waals surface area contributed by atoms with E-state index in [0.717, 1.165) is 16.5 Å². The fourth-order valence-corrected chi connectivity index (χ4v) is 8.40. The van der Waals surface area contributed by atoms with Crippen LogP contribution in [-0.2, 0) is 56.0 Å². The van der Waals surface area contributed by atoms with E-state index in [2.05, 4.69) is 62.8 Å². The molecule has 1 fully saturated rings. The van der Waals surface area contributed by atoms with Crippen molar-refractivity contribution >= 4 is 76.0 Å². The summed E-state index contributed by atoms with van der Waals surface area (Å²) in [5.74, 6) is -7.13. The molecule has 9 amide bonds. The lowest BCUT2D eigenvalue weighted by molar-refractivity contribution is -0.136. The van der Waals surface area contributed by atoms with Gasteiger partial charge in [0.25, 0.3) is 0 Å². The lowest BCUT2D eigenvalue weighted by atomic mass is 10.0. The minimum absolute atomic E-state index is 0.0211. The van der Waals surface area contributed by atoms with Crippen molar-refractivity contribution in [2.45, 2.75) is 120 Å². The van der Waals surface area contributed by atoms with E-state index in [4.69, 9.17) is 34.4 Å². The summed E-state index contributed by atoms with van der Waals surface area (Å²) in [5, 5.41) is 25.1. The summed E-state index contributed by atoms with van der Waals surface area (Å²) in [6.45, 7) is 0.891. The summed E-state index contributed by atoms with van der Waals surface area (Å²) in [6.07, 6.45) is 2.31. The minimum Gasteiger partial charge on any atom is -0.370 e. The lowest BCUT2D eigenvalue weighted by Gasteiger charge is -2.28. The molecule has 27 nitrogen and oxygen atoms in total. The molecular formula is C50H76N18O9. The Hall–Kier alpha value is -8.33. The molecular weight excluding hydrogens is 997 g/mol. The highest BCUT2D eigenvalue weighted by atomic mass is 16.2. The largest absolute Gasteiger partial charge is 0.370 e. The number of guanidine groups is 2. The zero-order valence-electron chi connectivity index (χ0n) is 43.4. The number of rotatable bonds is 20. The monoisotopic (exact) mass is 1070 g/mol. The van der Waals surface area contributed by atoms with Gasteiger partial charge >= 0.3 is 0 Å². The van der Waals surface area contributed by atoms with Crippen molar-refractivity contribution in [3.05, 3.63) is 71.9 Å². The maximum Gasteiger partial charge on any atom is 0.243 e. The van der Waals surface area contributed by atoms with E-state index < -0.39 is 108 Å². The molecule has 3 aromatic rings. The third kappa shape index (κ3) is 21.8. The first-order chi connectivity index (χ1) is 36.9. The summed E-state index contributed by atoms with van der Waals surface area (Å²) in [5.41, 5.74) is 35.9. The van der Waals surface area contributed by atoms with Crippen LogP contribution in [0, 0.1) is 0 Å². The summed E-state index contributed by atoms with van der Waals surface area (Å²) in [4.78, 5) is 136. The fraction of sp³-hybridized carbons (Fsp3) is 0.500. The maximum atomic E-state index is 14.7. The van der Waals surface area contributed by atoms with Crippen molar-refractivity contribution in [3.63, 3.8) is 0 Å². The lowest BCUT2D eigenvalue weighted by Crippen LogP contribution is -2.61. The van der Waals surface area contributed by atoms with Crippen molar-refractivity contribution < 1.29 is 43.2 Å². The fourth-order valence-electron chi connectivity index (χ4n) is 8.40. The minimum atomic E-state index is -1.65. The Bertz CT molecular complexity index is 2530. The Morgan fingerprint density at radius 2 is 1.30 bits per heavy atom. The number of H-pyrrole nitrogens is 1. The molecule has 1 aromatic heterocycles. The van der Waals surface area contributed by atoms with Crippen LogP contribution in [0.1, 0.15) is 75.8 Å². The van der Waals surface area contributed by atoms with Crippen LogP contribution >= 0.6 is 0 Å². The second-order valence-corrected chi connectivity index (χ2v) is 18.5. The Morgan fingerprint density at radius 1 is 0.701 bits per heavy atom. The Labute approximate surface area is 446 Å². The summed E-state index contributed by atoms with van der Waals surface area (Å²) in [7, 11) is 0. The quantitative estimate of drug-likeness (QED) is 0.0289. The van der Waals surface area contributed by atoms with Gasteiger partial charge in [0.1, 0.15) is 36.3 Å². The molecule has 0 bridgehead atoms. The van der Waals surface area contributed by atoms with Gasteiger partial charge in [-0.25, -0.2) is 0 Å². The van der Waals surface area contributed by atoms with Crippen LogP contribution in [0.15, 0.2) is 70.8 Å². The summed E-state index contributed by atoms with van der Waals surface area (Å²) >= 11 is 0. The topological polar surface area (TPSA) is 459 Å². The van der Waals surface area contributed by atoms with Crippen LogP contribution in [0.4, 0.5) is 0 Å². The second-order valence-electron chi connectivity index (χ2n) is 18.5. The molecule has 2 heterocycles. The average molecular weight is 1070 g/mol. The Morgan fingerprint density at radius 3 is 1.96 bits per heavy atom. The molecule has 4 rings (SSSR count). The van der Waals surface area contributed by atoms with Gasteiger partial charge in [-0.15, -0.1) is 0 Å². The highest BCUT2D eigenvalue weighted by Gasteiger charge is 2.35. The SMILES string of the molecule is CC(=O)NC(CCCN=C(N)N)C(=O)NC1CC(=O)NCCCCC(CN)NC(=O)C(Cc2c[nH]c3ccccc23)NC(=O)C(CCCN=C(N)N)NC(=O)C(Cc2ccccc2)NC(=O)C(CCNC(=O)CN)NC1=O. The van der Waals surface area contributed by atoms with E-state index in [1.165, 1.54) is 6.92 Å². The number of aromatic nitrogens is 1. The van der Waals surface area contributed by atoms with Gasteiger partial charge in [0.05, 0.1) is 13.0 Å². The molecule has 7 unspecified atom stereocenters. The number of aliphatic imine (C=N–C) groups is 2. The van der Waals surface area contributed by atoms with Crippen LogP contribution in [0.25, 0.3) is 10.9 Å². The van der Waals surface area contributed by atoms with Crippen LogP contribution in [0.5, 0.6) is 0 Å². The van der Waals surface area contributed by atoms with E-state index >= 15 is 0 Å². The average Bonchev–Trinajstić information content (AvgIpc) is 3.82. The molecule has 1 aliphatic rings. The zero-order valence-corrected chi connectivity index (χ0v) is 43.4. The number of aromatic amines is 1. The summed E-state index contributed by atoms with van der Waals surface area (Å²) in [6, 6.07) is 7.11. The third-order valence-corrected chi connectivity index (χ3v) is 12.4. The first-order valence-corrected chi connectivity index (χ1v) is 25.6. The molecule has 7 atom stereocenters. The van der Waals surface area contributed by atoms with Gasteiger partial charge in [-0.05, 0) is 68.6 Å². The molecule has 0 radical (unpaired) electrons. The molecule has 27 heteroatoms. The van der Waals surface area contributed by atoms with Crippen molar-refractivity contribution in [2.75, 3.05) is 39.3 Å². The van der Waals surface area contributed by atoms with Crippen molar-refractivity contribution in [1.29, 1.82) is 0 Å². The first-order valence-electron chi connectivity index (χ1n) is 25.6. The van der Waals surface area contributed by atoms with Crippen LogP contribution in [0.3, 0.4) is 0 Å². The van der Waals surface area contributed by atoms with Crippen LogP contribution in [-0.4, -0.2) is 152 Å². The number of fused-ring (bicyclic) bond motifs is 1. The number of benzene rings is 2. The molecule has 420 valence electrons. The number of hydrogen-bond acceptors (Lipinski definition) is 13. The number of carbonyl (C=O) groups excluding carboxylic acids is 9. The molecule has 0 aliphatic carbocycles. The number of nitrogens with one attached hydrogen (secondary N) is 10. The van der Waals surface area contributed by atoms with Crippen molar-refractivity contribution in [2.24, 2.45) is 44.4 Å². The maximum absolute atomic E-state index is 14.7. The number of para-hydroxylation sites is 1. The number of nitrogens with zero attached hydrogens (tertiary/aromatic N) is 2. The van der Waals surface area contributed by atoms with Crippen molar-refractivity contribution in [1.82, 2.24) is 52.8 Å². The number of nitrogens with two attached hydrogens (primary N) is 6. The first kappa shape index (κ1) is 61.2. The van der Waals surface area contributed by atoms with Crippen molar-refractivity contribution in [3.8, 4) is 0 Å². The standard InChI is InChI=1S/C50H76N18O9/c1-29(69)62-35(16-9-20-59-49(53)54)43(72)68-40-25-41(70)57-19-8-7-13-32(26-51)63-46(75)39(24-31-28-61-34-15-6-5-14-33(31)34)67-44(73)36(17-10-21-60-50(55)56)64-47(76)38(23-30-11-3-2-4-12-30)66-45(74)37(65-48(40)77)18-22-58-42(71)27-52/h2-6,11-12,14-15,28,32,35-40,61H,7-10,13,16-27,51-52H2,1H3,(H,57,70)(H,58,71)(H,62,69)(H,63,75)(H,64,76)(H,65,77)(H,66,74)(H,67,73)(H,68,72)(H4,53,54,59)(H4,55,56,60). The molecule has 1 saturated heterocycles. The van der Waals surface area contributed by atoms with E-state index in [1.54, 1.807) is 36.5 Å². The van der Waals surface area contributed by atoms with E-state index in [0.29, 0.717) is 24.8 Å². The Kier molecular flexibility index (Phi) is 25.6. The predicted molar refractivity (Wildman–Crippen MR) is 288 cm³/mol. The van der Waals surface area contributed by atoms with E-state index in [1.807, 2.05) is 24.3 Å². The molecule has 1 aliphatic heterocycles. The number of hydrogen-bond donors (Lipinski definition) is 16.